The van der Waals surface area contributed by atoms with Gasteiger partial charge in [0.15, 0.2) is 0 Å². The molecule has 5 aliphatic rings. The zero-order valence-corrected chi connectivity index (χ0v) is 20.0. The quantitative estimate of drug-likeness (QED) is 0.528. The van der Waals surface area contributed by atoms with Gasteiger partial charge >= 0.3 is 0 Å². The highest BCUT2D eigenvalue weighted by molar-refractivity contribution is 5.88. The first-order valence-electron chi connectivity index (χ1n) is 12.3. The summed E-state index contributed by atoms with van der Waals surface area (Å²) in [6.07, 6.45) is 11.6. The Balaban J connectivity index is 1.48. The van der Waals surface area contributed by atoms with E-state index >= 15 is 0 Å². The summed E-state index contributed by atoms with van der Waals surface area (Å²) in [5.41, 5.74) is 2.04. The molecule has 4 unspecified atom stereocenters. The van der Waals surface area contributed by atoms with Gasteiger partial charge in [-0.3, -0.25) is 0 Å². The van der Waals surface area contributed by atoms with Crippen molar-refractivity contribution in [1.29, 1.82) is 0 Å². The van der Waals surface area contributed by atoms with E-state index in [1.54, 1.807) is 0 Å². The van der Waals surface area contributed by atoms with E-state index in [2.05, 4.69) is 50.2 Å². The molecule has 0 aromatic carbocycles. The molecule has 0 spiro atoms. The maximum atomic E-state index is 11.8. The molecule has 32 heavy (non-hydrogen) atoms. The third kappa shape index (κ3) is 3.45. The van der Waals surface area contributed by atoms with Gasteiger partial charge in [-0.15, -0.1) is 0 Å². The van der Waals surface area contributed by atoms with Crippen LogP contribution in [0.1, 0.15) is 91.9 Å². The third-order valence-corrected chi connectivity index (χ3v) is 9.34. The molecule has 6 nitrogen and oxygen atoms in total. The van der Waals surface area contributed by atoms with Crippen molar-refractivity contribution in [1.82, 2.24) is 0 Å². The Bertz CT molecular complexity index is 841. The minimum Gasteiger partial charge on any atom is -0.392 e. The van der Waals surface area contributed by atoms with Gasteiger partial charge in [0.2, 0.25) is 0 Å². The lowest BCUT2D eigenvalue weighted by molar-refractivity contribution is -0.0979. The molecule has 2 heterocycles. The van der Waals surface area contributed by atoms with Gasteiger partial charge in [-0.25, -0.2) is 0 Å². The van der Waals surface area contributed by atoms with Crippen LogP contribution in [0.2, 0.25) is 0 Å². The summed E-state index contributed by atoms with van der Waals surface area (Å²) in [6, 6.07) is 0. The number of nitrogens with zero attached hydrogens (tertiary/aromatic N) is 2. The minimum atomic E-state index is -0.840. The van der Waals surface area contributed by atoms with Gasteiger partial charge in [0.25, 0.3) is 0 Å². The van der Waals surface area contributed by atoms with Crippen LogP contribution >= 0.6 is 0 Å². The van der Waals surface area contributed by atoms with Crippen molar-refractivity contribution in [2.45, 2.75) is 115 Å². The first kappa shape index (κ1) is 22.1. The summed E-state index contributed by atoms with van der Waals surface area (Å²) < 4.78 is 0. The molecular weight excluding hydrogens is 404 g/mol. The average molecular weight is 443 g/mol. The Hall–Kier alpha value is -1.66. The van der Waals surface area contributed by atoms with E-state index < -0.39 is 11.2 Å². The third-order valence-electron chi connectivity index (χ3n) is 9.34. The lowest BCUT2D eigenvalue weighted by Crippen LogP contribution is -2.51. The standard InChI is InChI=1S/C26H38N2O4/c1-23(2)17-7-5-9-25(23,29)15-21-14-20(28-31-21)12-18-8-6-10-26(30,24(18,3)4)16-22-13-19(11-17)27-32-22/h7-8,21-22,29-30H,5-6,9-16H2,1-4H3. The molecule has 5 rings (SSSR count). The summed E-state index contributed by atoms with van der Waals surface area (Å²) in [4.78, 5) is 11.7. The zero-order valence-electron chi connectivity index (χ0n) is 20.0. The highest BCUT2D eigenvalue weighted by atomic mass is 16.6. The van der Waals surface area contributed by atoms with Crippen LogP contribution in [0.5, 0.6) is 0 Å². The molecule has 0 aromatic heterocycles. The van der Waals surface area contributed by atoms with Gasteiger partial charge in [0.05, 0.1) is 22.6 Å². The van der Waals surface area contributed by atoms with Crippen LogP contribution in [0.15, 0.2) is 33.6 Å². The summed E-state index contributed by atoms with van der Waals surface area (Å²) in [6.45, 7) is 8.58. The smallest absolute Gasteiger partial charge is 0.135 e. The van der Waals surface area contributed by atoms with Crippen LogP contribution < -0.4 is 0 Å². The van der Waals surface area contributed by atoms with Crippen LogP contribution in [0.4, 0.5) is 0 Å². The van der Waals surface area contributed by atoms with E-state index in [1.807, 2.05) is 0 Å². The van der Waals surface area contributed by atoms with Crippen molar-refractivity contribution in [2.24, 2.45) is 21.1 Å². The van der Waals surface area contributed by atoms with Gasteiger partial charge in [-0.05, 0) is 25.7 Å². The van der Waals surface area contributed by atoms with Crippen molar-refractivity contribution < 1.29 is 19.9 Å². The Morgan fingerprint density at radius 2 is 1.16 bits per heavy atom. The lowest BCUT2D eigenvalue weighted by atomic mass is 9.60. The first-order valence-corrected chi connectivity index (χ1v) is 12.3. The maximum Gasteiger partial charge on any atom is 0.135 e. The summed E-state index contributed by atoms with van der Waals surface area (Å²) >= 11 is 0. The molecule has 0 saturated heterocycles. The predicted octanol–water partition coefficient (Wildman–Crippen LogP) is 4.81. The van der Waals surface area contributed by atoms with E-state index in [-0.39, 0.29) is 23.0 Å². The summed E-state index contributed by atoms with van der Waals surface area (Å²) in [7, 11) is 0. The van der Waals surface area contributed by atoms with E-state index in [0.717, 1.165) is 49.9 Å². The van der Waals surface area contributed by atoms with E-state index in [4.69, 9.17) is 9.68 Å². The molecule has 1 fully saturated rings. The SMILES string of the molecule is CC1(C)C2=CCCC1(O)CC1CC(=NO1)CC1=CCCC(O)(CC3CC(=NO3)C2)C1(C)C. The lowest BCUT2D eigenvalue weighted by Gasteiger charge is -2.48. The normalized spacial score (nSPS) is 40.3. The van der Waals surface area contributed by atoms with Crippen LogP contribution in [-0.2, 0) is 9.68 Å². The molecule has 0 amide bonds. The van der Waals surface area contributed by atoms with E-state index in [9.17, 15) is 10.2 Å². The van der Waals surface area contributed by atoms with Crippen molar-refractivity contribution in [3.63, 3.8) is 0 Å². The molecule has 3 aliphatic carbocycles. The Morgan fingerprint density at radius 1 is 0.750 bits per heavy atom. The fourth-order valence-corrected chi connectivity index (χ4v) is 6.60. The molecule has 0 aromatic rings. The fourth-order valence-electron chi connectivity index (χ4n) is 6.60. The second-order valence-electron chi connectivity index (χ2n) is 11.8. The van der Waals surface area contributed by atoms with Crippen LogP contribution in [0.3, 0.4) is 0 Å². The van der Waals surface area contributed by atoms with Crippen molar-refractivity contribution in [2.75, 3.05) is 0 Å². The molecule has 1 saturated carbocycles. The summed E-state index contributed by atoms with van der Waals surface area (Å²) in [5, 5.41) is 32.5. The molecule has 2 N–H and O–H groups in total. The second kappa shape index (κ2) is 7.42. The number of aliphatic hydroxyl groups is 2. The van der Waals surface area contributed by atoms with Crippen molar-refractivity contribution >= 4 is 11.4 Å². The fraction of sp³-hybridized carbons (Fsp3) is 0.769. The molecule has 0 radical (unpaired) electrons. The molecule has 4 atom stereocenters. The highest BCUT2D eigenvalue weighted by Crippen LogP contribution is 2.52. The number of hydrogen-bond acceptors (Lipinski definition) is 6. The number of fused-ring (bicyclic) bond motifs is 8. The van der Waals surface area contributed by atoms with Crippen LogP contribution in [0, 0.1) is 10.8 Å². The first-order chi connectivity index (χ1) is 15.0. The van der Waals surface area contributed by atoms with Crippen molar-refractivity contribution in [3.05, 3.63) is 23.3 Å². The van der Waals surface area contributed by atoms with Gasteiger partial charge in [0.1, 0.15) is 12.2 Å². The molecular formula is C26H38N2O4. The van der Waals surface area contributed by atoms with Crippen LogP contribution in [0.25, 0.3) is 0 Å². The average Bonchev–Trinajstić information content (AvgIpc) is 3.32. The Kier molecular flexibility index (Phi) is 5.14. The second-order valence-corrected chi connectivity index (χ2v) is 11.8. The van der Waals surface area contributed by atoms with E-state index in [0.29, 0.717) is 25.7 Å². The number of hydrogen-bond donors (Lipinski definition) is 2. The Labute approximate surface area is 191 Å². The zero-order chi connectivity index (χ0) is 22.8. The molecule has 2 aliphatic heterocycles. The number of oxime groups is 2. The topological polar surface area (TPSA) is 83.6 Å². The monoisotopic (exact) mass is 442 g/mol. The molecule has 8 bridgehead atoms. The van der Waals surface area contributed by atoms with Gasteiger partial charge < -0.3 is 19.9 Å². The summed E-state index contributed by atoms with van der Waals surface area (Å²) in [5.74, 6) is 0. The predicted molar refractivity (Wildman–Crippen MR) is 124 cm³/mol. The molecule has 6 heteroatoms. The van der Waals surface area contributed by atoms with Crippen molar-refractivity contribution in [3.8, 4) is 0 Å². The largest absolute Gasteiger partial charge is 0.392 e. The van der Waals surface area contributed by atoms with Gasteiger partial charge in [0, 0.05) is 49.4 Å². The van der Waals surface area contributed by atoms with E-state index in [1.165, 1.54) is 11.1 Å². The Morgan fingerprint density at radius 3 is 1.56 bits per heavy atom. The maximum absolute atomic E-state index is 11.8. The number of allylic oxidation sites excluding steroid dienone is 2. The van der Waals surface area contributed by atoms with Gasteiger partial charge in [-0.1, -0.05) is 61.3 Å². The van der Waals surface area contributed by atoms with Crippen LogP contribution in [-0.4, -0.2) is 45.0 Å². The minimum absolute atomic E-state index is 0.107. The number of rotatable bonds is 0. The van der Waals surface area contributed by atoms with Gasteiger partial charge in [-0.2, -0.15) is 0 Å². The molecule has 176 valence electrons. The highest BCUT2D eigenvalue weighted by Gasteiger charge is 2.52.